The van der Waals surface area contributed by atoms with Crippen LogP contribution in [0.15, 0.2) is 0 Å². The van der Waals surface area contributed by atoms with E-state index in [2.05, 4.69) is 5.32 Å². The molecule has 0 rings (SSSR count). The van der Waals surface area contributed by atoms with Crippen molar-refractivity contribution in [2.75, 3.05) is 6.54 Å². The third kappa shape index (κ3) is 4.51. The molecule has 0 heterocycles. The molecule has 0 aliphatic heterocycles. The Morgan fingerprint density at radius 3 is 2.42 bits per heavy atom. The third-order valence-electron chi connectivity index (χ3n) is 1.31. The summed E-state index contributed by atoms with van der Waals surface area (Å²) in [5.74, 6) is -1.10. The van der Waals surface area contributed by atoms with Crippen molar-refractivity contribution in [3.05, 3.63) is 0 Å². The summed E-state index contributed by atoms with van der Waals surface area (Å²) in [6.45, 7) is 0.393. The smallest absolute Gasteiger partial charge is 0.326 e. The van der Waals surface area contributed by atoms with Gasteiger partial charge in [-0.15, -0.1) is 0 Å². The molecule has 0 aromatic carbocycles. The van der Waals surface area contributed by atoms with Crippen LogP contribution in [0, 0.1) is 0 Å². The molecule has 1 atom stereocenters. The van der Waals surface area contributed by atoms with Gasteiger partial charge in [0, 0.05) is 0 Å². The summed E-state index contributed by atoms with van der Waals surface area (Å²) in [5.41, 5.74) is 9.93. The molecule has 0 aliphatic carbocycles. The zero-order valence-corrected chi connectivity index (χ0v) is 6.62. The maximum atomic E-state index is 10.4. The van der Waals surface area contributed by atoms with Crippen LogP contribution in [-0.2, 0) is 4.79 Å². The molecule has 0 aromatic rings. The van der Waals surface area contributed by atoms with Crippen LogP contribution in [0.2, 0.25) is 0 Å². The highest BCUT2D eigenvalue weighted by Gasteiger charge is 2.17. The molecule has 0 aromatic heterocycles. The van der Waals surface area contributed by atoms with Crippen LogP contribution in [0.3, 0.4) is 0 Å². The molecule has 70 valence electrons. The molecule has 0 radical (unpaired) electrons. The molecule has 2 amide bonds. The number of urea groups is 1. The minimum Gasteiger partial charge on any atom is -0.480 e. The van der Waals surface area contributed by atoms with Crippen LogP contribution >= 0.6 is 0 Å². The first-order valence-corrected chi connectivity index (χ1v) is 3.56. The van der Waals surface area contributed by atoms with Gasteiger partial charge >= 0.3 is 12.0 Å². The van der Waals surface area contributed by atoms with Gasteiger partial charge < -0.3 is 21.9 Å². The van der Waals surface area contributed by atoms with Gasteiger partial charge in [0.2, 0.25) is 0 Å². The van der Waals surface area contributed by atoms with Gasteiger partial charge in [0.05, 0.1) is 0 Å². The highest BCUT2D eigenvalue weighted by molar-refractivity contribution is 5.81. The molecule has 0 aliphatic rings. The standard InChI is InChI=1S/C6H13N3O3/c7-3-1-2-4(5(10)11)9-6(8)12/h4H,1-3,7H2,(H,10,11)(H3,8,9,12)/t4-/m1/s1. The fourth-order valence-corrected chi connectivity index (χ4v) is 0.751. The second-order valence-corrected chi connectivity index (χ2v) is 2.33. The van der Waals surface area contributed by atoms with Gasteiger partial charge in [0.1, 0.15) is 6.04 Å². The van der Waals surface area contributed by atoms with E-state index in [0.29, 0.717) is 19.4 Å². The first-order chi connectivity index (χ1) is 5.57. The van der Waals surface area contributed by atoms with Crippen molar-refractivity contribution in [2.24, 2.45) is 11.5 Å². The number of aliphatic carboxylic acids is 1. The Morgan fingerprint density at radius 2 is 2.08 bits per heavy atom. The molecule has 12 heavy (non-hydrogen) atoms. The summed E-state index contributed by atoms with van der Waals surface area (Å²) < 4.78 is 0. The monoisotopic (exact) mass is 175 g/mol. The highest BCUT2D eigenvalue weighted by Crippen LogP contribution is 1.95. The largest absolute Gasteiger partial charge is 0.480 e. The number of primary amides is 1. The van der Waals surface area contributed by atoms with E-state index in [1.807, 2.05) is 0 Å². The van der Waals surface area contributed by atoms with Crippen molar-refractivity contribution in [2.45, 2.75) is 18.9 Å². The normalized spacial score (nSPS) is 12.1. The quantitative estimate of drug-likeness (QED) is 0.421. The lowest BCUT2D eigenvalue weighted by Crippen LogP contribution is -2.43. The minimum atomic E-state index is -1.10. The zero-order chi connectivity index (χ0) is 9.56. The van der Waals surface area contributed by atoms with E-state index in [0.717, 1.165) is 0 Å². The summed E-state index contributed by atoms with van der Waals surface area (Å²) in [6.07, 6.45) is 0.839. The molecular formula is C6H13N3O3. The van der Waals surface area contributed by atoms with E-state index in [-0.39, 0.29) is 0 Å². The zero-order valence-electron chi connectivity index (χ0n) is 6.62. The van der Waals surface area contributed by atoms with E-state index in [1.54, 1.807) is 0 Å². The lowest BCUT2D eigenvalue weighted by molar-refractivity contribution is -0.139. The van der Waals surface area contributed by atoms with Gasteiger partial charge in [-0.2, -0.15) is 0 Å². The number of carboxylic acid groups (broad SMARTS) is 1. The van der Waals surface area contributed by atoms with Crippen LogP contribution in [0.1, 0.15) is 12.8 Å². The average molecular weight is 175 g/mol. The van der Waals surface area contributed by atoms with Crippen molar-refractivity contribution in [3.8, 4) is 0 Å². The Morgan fingerprint density at radius 1 is 1.50 bits per heavy atom. The number of hydrogen-bond donors (Lipinski definition) is 4. The number of nitrogens with two attached hydrogens (primary N) is 2. The van der Waals surface area contributed by atoms with Crippen molar-refractivity contribution >= 4 is 12.0 Å². The SMILES string of the molecule is NCCC[C@@H](NC(N)=O)C(=O)O. The van der Waals surface area contributed by atoms with Crippen molar-refractivity contribution in [1.29, 1.82) is 0 Å². The second-order valence-electron chi connectivity index (χ2n) is 2.33. The van der Waals surface area contributed by atoms with Crippen LogP contribution in [-0.4, -0.2) is 29.7 Å². The number of hydrogen-bond acceptors (Lipinski definition) is 3. The van der Waals surface area contributed by atoms with Crippen molar-refractivity contribution < 1.29 is 14.7 Å². The molecule has 0 saturated carbocycles. The van der Waals surface area contributed by atoms with E-state index in [1.165, 1.54) is 0 Å². The molecule has 0 saturated heterocycles. The Bertz CT molecular complexity index is 171. The van der Waals surface area contributed by atoms with E-state index < -0.39 is 18.0 Å². The molecule has 0 bridgehead atoms. The summed E-state index contributed by atoms with van der Waals surface area (Å²) >= 11 is 0. The Kier molecular flexibility index (Phi) is 4.78. The summed E-state index contributed by atoms with van der Waals surface area (Å²) in [7, 11) is 0. The molecule has 6 N–H and O–H groups in total. The minimum absolute atomic E-state index is 0.300. The predicted octanol–water partition coefficient (Wildman–Crippen LogP) is -1.15. The number of carbonyl (C=O) groups is 2. The van der Waals surface area contributed by atoms with Crippen molar-refractivity contribution in [3.63, 3.8) is 0 Å². The predicted molar refractivity (Wildman–Crippen MR) is 42.4 cm³/mol. The van der Waals surface area contributed by atoms with E-state index >= 15 is 0 Å². The summed E-state index contributed by atoms with van der Waals surface area (Å²) in [5, 5.41) is 10.6. The lowest BCUT2D eigenvalue weighted by Gasteiger charge is -2.11. The number of carbonyl (C=O) groups excluding carboxylic acids is 1. The fourth-order valence-electron chi connectivity index (χ4n) is 0.751. The molecular weight excluding hydrogens is 162 g/mol. The van der Waals surface area contributed by atoms with Gasteiger partial charge in [-0.05, 0) is 19.4 Å². The van der Waals surface area contributed by atoms with Crippen LogP contribution in [0.25, 0.3) is 0 Å². The van der Waals surface area contributed by atoms with Gasteiger partial charge in [-0.25, -0.2) is 9.59 Å². The second kappa shape index (κ2) is 5.36. The summed E-state index contributed by atoms with van der Waals surface area (Å²) in [6, 6.07) is -1.76. The molecule has 6 nitrogen and oxygen atoms in total. The van der Waals surface area contributed by atoms with Gasteiger partial charge in [0.15, 0.2) is 0 Å². The van der Waals surface area contributed by atoms with Crippen LogP contribution < -0.4 is 16.8 Å². The number of carboxylic acids is 1. The van der Waals surface area contributed by atoms with Gasteiger partial charge in [0.25, 0.3) is 0 Å². The maximum absolute atomic E-state index is 10.4. The van der Waals surface area contributed by atoms with Crippen molar-refractivity contribution in [1.82, 2.24) is 5.32 Å². The fraction of sp³-hybridized carbons (Fsp3) is 0.667. The molecule has 0 fully saturated rings. The topological polar surface area (TPSA) is 118 Å². The van der Waals surface area contributed by atoms with Crippen LogP contribution in [0.4, 0.5) is 4.79 Å². The third-order valence-corrected chi connectivity index (χ3v) is 1.31. The molecule has 0 unspecified atom stereocenters. The Labute approximate surface area is 69.9 Å². The molecule has 0 spiro atoms. The van der Waals surface area contributed by atoms with Gasteiger partial charge in [-0.3, -0.25) is 0 Å². The van der Waals surface area contributed by atoms with Crippen LogP contribution in [0.5, 0.6) is 0 Å². The van der Waals surface area contributed by atoms with E-state index in [4.69, 9.17) is 16.6 Å². The summed E-state index contributed by atoms with van der Waals surface area (Å²) in [4.78, 5) is 20.7. The lowest BCUT2D eigenvalue weighted by atomic mass is 10.1. The number of rotatable bonds is 5. The van der Waals surface area contributed by atoms with E-state index in [9.17, 15) is 9.59 Å². The Hall–Kier alpha value is -1.30. The number of nitrogens with one attached hydrogen (secondary N) is 1. The Balaban J connectivity index is 3.87. The maximum Gasteiger partial charge on any atom is 0.326 e. The number of amides is 2. The first kappa shape index (κ1) is 10.7. The average Bonchev–Trinajstić information content (AvgIpc) is 1.96. The van der Waals surface area contributed by atoms with Gasteiger partial charge in [-0.1, -0.05) is 0 Å². The first-order valence-electron chi connectivity index (χ1n) is 3.56. The molecule has 6 heteroatoms. The highest BCUT2D eigenvalue weighted by atomic mass is 16.4.